The molecule has 2 aromatic carbocycles. The van der Waals surface area contributed by atoms with Gasteiger partial charge in [-0.1, -0.05) is 6.07 Å². The number of hydrogen-bond donors (Lipinski definition) is 1. The third-order valence-electron chi connectivity index (χ3n) is 3.82. The highest BCUT2D eigenvalue weighted by Gasteiger charge is 2.17. The number of carbonyl (C=O) groups excluding carboxylic acids is 1. The van der Waals surface area contributed by atoms with E-state index in [1.807, 2.05) is 18.2 Å². The molecule has 1 aliphatic rings. The van der Waals surface area contributed by atoms with Gasteiger partial charge in [0.05, 0.1) is 13.7 Å². The van der Waals surface area contributed by atoms with Crippen LogP contribution in [0.1, 0.15) is 16.2 Å². The first-order valence-corrected chi connectivity index (χ1v) is 7.87. The Morgan fingerprint density at radius 3 is 2.92 bits per heavy atom. The number of carbonyl (C=O) groups is 1. The first-order valence-electron chi connectivity index (χ1n) is 7.87. The van der Waals surface area contributed by atoms with Crippen molar-refractivity contribution in [2.75, 3.05) is 13.9 Å². The summed E-state index contributed by atoms with van der Waals surface area (Å²) < 4.78 is 21.3. The average molecular weight is 353 g/mol. The molecule has 0 saturated carbocycles. The van der Waals surface area contributed by atoms with Crippen LogP contribution >= 0.6 is 0 Å². The molecule has 8 nitrogen and oxygen atoms in total. The second kappa shape index (κ2) is 6.75. The Kier molecular flexibility index (Phi) is 4.14. The second-order valence-corrected chi connectivity index (χ2v) is 5.48. The van der Waals surface area contributed by atoms with E-state index in [0.717, 1.165) is 5.56 Å². The van der Waals surface area contributed by atoms with E-state index in [1.165, 1.54) is 0 Å². The molecule has 0 radical (unpaired) electrons. The lowest BCUT2D eigenvalue weighted by Gasteiger charge is -2.03. The molecule has 0 fully saturated rings. The van der Waals surface area contributed by atoms with E-state index in [4.69, 9.17) is 18.6 Å². The van der Waals surface area contributed by atoms with Crippen molar-refractivity contribution in [1.29, 1.82) is 0 Å². The number of benzene rings is 2. The molecule has 0 bridgehead atoms. The fraction of sp³-hybridized carbons (Fsp3) is 0.167. The minimum Gasteiger partial charge on any atom is -0.497 e. The van der Waals surface area contributed by atoms with Crippen molar-refractivity contribution in [3.63, 3.8) is 0 Å². The van der Waals surface area contributed by atoms with Gasteiger partial charge in [0.15, 0.2) is 11.5 Å². The van der Waals surface area contributed by atoms with Gasteiger partial charge in [-0.15, -0.1) is 10.2 Å². The van der Waals surface area contributed by atoms with Crippen LogP contribution in [0.3, 0.4) is 0 Å². The first kappa shape index (κ1) is 15.9. The van der Waals surface area contributed by atoms with Crippen LogP contribution in [0, 0.1) is 0 Å². The van der Waals surface area contributed by atoms with Crippen LogP contribution in [-0.2, 0) is 6.54 Å². The predicted molar refractivity (Wildman–Crippen MR) is 90.0 cm³/mol. The molecular formula is C18H15N3O5. The molecule has 1 N–H and O–H groups in total. The Morgan fingerprint density at radius 2 is 2.04 bits per heavy atom. The van der Waals surface area contributed by atoms with E-state index in [1.54, 1.807) is 31.4 Å². The van der Waals surface area contributed by atoms with Gasteiger partial charge in [-0.3, -0.25) is 4.79 Å². The summed E-state index contributed by atoms with van der Waals surface area (Å²) >= 11 is 0. The normalized spacial score (nSPS) is 12.0. The van der Waals surface area contributed by atoms with Crippen LogP contribution in [0.4, 0.5) is 0 Å². The van der Waals surface area contributed by atoms with Gasteiger partial charge in [0.2, 0.25) is 18.6 Å². The molecule has 0 saturated heterocycles. The van der Waals surface area contributed by atoms with Gasteiger partial charge >= 0.3 is 0 Å². The van der Waals surface area contributed by atoms with Gasteiger partial charge in [0, 0.05) is 11.1 Å². The zero-order chi connectivity index (χ0) is 17.9. The SMILES string of the molecule is COc1cccc(-c2nnc(CNC(=O)c3ccc4c(c3)OCO4)o2)c1. The van der Waals surface area contributed by atoms with E-state index in [9.17, 15) is 4.79 Å². The summed E-state index contributed by atoms with van der Waals surface area (Å²) in [6.07, 6.45) is 0. The second-order valence-electron chi connectivity index (χ2n) is 5.48. The van der Waals surface area contributed by atoms with E-state index in [0.29, 0.717) is 34.6 Å². The molecule has 0 unspecified atom stereocenters. The standard InChI is InChI=1S/C18H15N3O5/c1-23-13-4-2-3-12(7-13)18-21-20-16(26-18)9-19-17(22)11-5-6-14-15(8-11)25-10-24-14/h2-8H,9-10H2,1H3,(H,19,22). The number of aromatic nitrogens is 2. The minimum absolute atomic E-state index is 0.115. The molecule has 3 aromatic rings. The molecule has 8 heteroatoms. The lowest BCUT2D eigenvalue weighted by Crippen LogP contribution is -2.22. The molecule has 132 valence electrons. The lowest BCUT2D eigenvalue weighted by molar-refractivity contribution is 0.0947. The molecule has 2 heterocycles. The Morgan fingerprint density at radius 1 is 1.15 bits per heavy atom. The molecule has 1 amide bonds. The maximum absolute atomic E-state index is 12.3. The number of hydrogen-bond acceptors (Lipinski definition) is 7. The topological polar surface area (TPSA) is 95.7 Å². The molecule has 1 aliphatic heterocycles. The van der Waals surface area contributed by atoms with Crippen LogP contribution in [-0.4, -0.2) is 30.0 Å². The molecule has 0 atom stereocenters. The fourth-order valence-electron chi connectivity index (χ4n) is 2.49. The van der Waals surface area contributed by atoms with Crippen molar-refractivity contribution in [2.24, 2.45) is 0 Å². The van der Waals surface area contributed by atoms with Crippen molar-refractivity contribution in [3.8, 4) is 28.7 Å². The van der Waals surface area contributed by atoms with Crippen LogP contribution in [0.15, 0.2) is 46.9 Å². The maximum Gasteiger partial charge on any atom is 0.251 e. The van der Waals surface area contributed by atoms with E-state index in [-0.39, 0.29) is 19.2 Å². The Balaban J connectivity index is 1.42. The van der Waals surface area contributed by atoms with Gasteiger partial charge in [-0.2, -0.15) is 0 Å². The Bertz CT molecular complexity index is 954. The summed E-state index contributed by atoms with van der Waals surface area (Å²) in [6.45, 7) is 0.277. The van der Waals surface area contributed by atoms with E-state index in [2.05, 4.69) is 15.5 Å². The molecule has 0 aliphatic carbocycles. The van der Waals surface area contributed by atoms with E-state index < -0.39 is 0 Å². The zero-order valence-electron chi connectivity index (χ0n) is 13.9. The summed E-state index contributed by atoms with van der Waals surface area (Å²) in [5, 5.41) is 10.7. The fourth-order valence-corrected chi connectivity index (χ4v) is 2.49. The van der Waals surface area contributed by atoms with Gasteiger partial charge < -0.3 is 23.9 Å². The minimum atomic E-state index is -0.274. The largest absolute Gasteiger partial charge is 0.497 e. The van der Waals surface area contributed by atoms with Crippen LogP contribution in [0.2, 0.25) is 0 Å². The summed E-state index contributed by atoms with van der Waals surface area (Å²) in [5.41, 5.74) is 1.20. The summed E-state index contributed by atoms with van der Waals surface area (Å²) in [6, 6.07) is 12.3. The maximum atomic E-state index is 12.3. The quantitative estimate of drug-likeness (QED) is 0.752. The molecule has 0 spiro atoms. The number of amides is 1. The third kappa shape index (κ3) is 3.16. The smallest absolute Gasteiger partial charge is 0.251 e. The summed E-state index contributed by atoms with van der Waals surface area (Å²) in [7, 11) is 1.59. The summed E-state index contributed by atoms with van der Waals surface area (Å²) in [5.74, 6) is 2.26. The number of methoxy groups -OCH3 is 1. The highest BCUT2D eigenvalue weighted by Crippen LogP contribution is 2.32. The molecule has 26 heavy (non-hydrogen) atoms. The van der Waals surface area contributed by atoms with Crippen LogP contribution in [0.25, 0.3) is 11.5 Å². The van der Waals surface area contributed by atoms with Gasteiger partial charge in [-0.25, -0.2) is 0 Å². The predicted octanol–water partition coefficient (Wildman–Crippen LogP) is 2.40. The number of nitrogens with zero attached hydrogens (tertiary/aromatic N) is 2. The lowest BCUT2D eigenvalue weighted by atomic mass is 10.2. The summed E-state index contributed by atoms with van der Waals surface area (Å²) in [4.78, 5) is 12.3. The highest BCUT2D eigenvalue weighted by molar-refractivity contribution is 5.94. The number of ether oxygens (including phenoxy) is 3. The third-order valence-corrected chi connectivity index (χ3v) is 3.82. The highest BCUT2D eigenvalue weighted by atomic mass is 16.7. The van der Waals surface area contributed by atoms with Crippen molar-refractivity contribution in [2.45, 2.75) is 6.54 Å². The Hall–Kier alpha value is -3.55. The number of nitrogens with one attached hydrogen (secondary N) is 1. The average Bonchev–Trinajstić information content (AvgIpc) is 3.34. The Labute approximate surface area is 148 Å². The van der Waals surface area contributed by atoms with Gasteiger partial charge in [-0.05, 0) is 36.4 Å². The molecule has 4 rings (SSSR count). The van der Waals surface area contributed by atoms with Crippen LogP contribution < -0.4 is 19.5 Å². The zero-order valence-corrected chi connectivity index (χ0v) is 13.9. The van der Waals surface area contributed by atoms with Crippen LogP contribution in [0.5, 0.6) is 17.2 Å². The van der Waals surface area contributed by atoms with Gasteiger partial charge in [0.1, 0.15) is 5.75 Å². The molecule has 1 aromatic heterocycles. The van der Waals surface area contributed by atoms with Gasteiger partial charge in [0.25, 0.3) is 5.91 Å². The number of fused-ring (bicyclic) bond motifs is 1. The first-order chi connectivity index (χ1) is 12.7. The monoisotopic (exact) mass is 353 g/mol. The van der Waals surface area contributed by atoms with Crippen molar-refractivity contribution in [1.82, 2.24) is 15.5 Å². The number of rotatable bonds is 5. The van der Waals surface area contributed by atoms with Crippen molar-refractivity contribution in [3.05, 3.63) is 53.9 Å². The molecular weight excluding hydrogens is 338 g/mol. The van der Waals surface area contributed by atoms with Crippen molar-refractivity contribution < 1.29 is 23.4 Å². The van der Waals surface area contributed by atoms with Crippen molar-refractivity contribution >= 4 is 5.91 Å². The van der Waals surface area contributed by atoms with E-state index >= 15 is 0 Å².